The number of benzene rings is 2. The molecule has 1 saturated heterocycles. The Morgan fingerprint density at radius 3 is 2.94 bits per heavy atom. The zero-order valence-corrected chi connectivity index (χ0v) is 18.6. The van der Waals surface area contributed by atoms with Gasteiger partial charge >= 0.3 is 0 Å². The molecule has 8 nitrogen and oxygen atoms in total. The molecule has 2 aromatic carbocycles. The molecular formula is C24H28FN5O3. The topological polar surface area (TPSA) is 98.1 Å². The summed E-state index contributed by atoms with van der Waals surface area (Å²) >= 11 is 0. The maximum Gasteiger partial charge on any atom is 0.220 e. The maximum atomic E-state index is 13.8. The number of hydrogen-bond donors (Lipinski definition) is 2. The number of hydrogen-bond acceptors (Lipinski definition) is 5. The monoisotopic (exact) mass is 453 g/mol. The number of nitrogens with one attached hydrogen (secondary N) is 2. The molecular weight excluding hydrogens is 425 g/mol. The fourth-order valence-electron chi connectivity index (χ4n) is 4.37. The van der Waals surface area contributed by atoms with Gasteiger partial charge in [-0.25, -0.2) is 9.07 Å². The second-order valence-corrected chi connectivity index (χ2v) is 8.48. The summed E-state index contributed by atoms with van der Waals surface area (Å²) in [7, 11) is 1.42. The van der Waals surface area contributed by atoms with E-state index in [-0.39, 0.29) is 17.6 Å². The van der Waals surface area contributed by atoms with E-state index in [0.29, 0.717) is 45.2 Å². The first-order valence-corrected chi connectivity index (χ1v) is 11.2. The van der Waals surface area contributed by atoms with Crippen molar-refractivity contribution in [2.45, 2.75) is 50.6 Å². The summed E-state index contributed by atoms with van der Waals surface area (Å²) in [4.78, 5) is 24.4. The Hall–Kier alpha value is -3.49. The Morgan fingerprint density at radius 2 is 2.15 bits per heavy atom. The molecule has 0 saturated carbocycles. The Balaban J connectivity index is 1.28. The van der Waals surface area contributed by atoms with Crippen LogP contribution in [0, 0.1) is 5.82 Å². The molecule has 1 aliphatic heterocycles. The number of ether oxygens (including phenoxy) is 1. The van der Waals surface area contributed by atoms with Crippen LogP contribution in [0.25, 0.3) is 11.0 Å². The normalized spacial score (nSPS) is 17.8. The quantitative estimate of drug-likeness (QED) is 0.460. The van der Waals surface area contributed by atoms with Crippen molar-refractivity contribution in [1.29, 1.82) is 0 Å². The molecule has 2 N–H and O–H groups in total. The van der Waals surface area contributed by atoms with Gasteiger partial charge in [-0.05, 0) is 55.5 Å². The van der Waals surface area contributed by atoms with E-state index in [1.807, 2.05) is 28.9 Å². The lowest BCUT2D eigenvalue weighted by atomic mass is 9.85. The van der Waals surface area contributed by atoms with Gasteiger partial charge in [0.2, 0.25) is 11.8 Å². The Bertz CT molecular complexity index is 1150. The lowest BCUT2D eigenvalue weighted by molar-refractivity contribution is -0.122. The minimum atomic E-state index is -0.517. The summed E-state index contributed by atoms with van der Waals surface area (Å²) in [6.45, 7) is 1.19. The first kappa shape index (κ1) is 22.7. The van der Waals surface area contributed by atoms with E-state index in [2.05, 4.69) is 20.9 Å². The number of amides is 2. The predicted octanol–water partition coefficient (Wildman–Crippen LogP) is 2.76. The molecule has 0 spiro atoms. The van der Waals surface area contributed by atoms with E-state index in [0.717, 1.165) is 23.0 Å². The molecule has 1 unspecified atom stereocenters. The van der Waals surface area contributed by atoms with Gasteiger partial charge in [0.1, 0.15) is 5.52 Å². The molecule has 2 amide bonds. The highest BCUT2D eigenvalue weighted by molar-refractivity contribution is 5.80. The first-order valence-electron chi connectivity index (χ1n) is 11.2. The van der Waals surface area contributed by atoms with Crippen LogP contribution in [0.1, 0.15) is 37.7 Å². The average molecular weight is 454 g/mol. The van der Waals surface area contributed by atoms with Gasteiger partial charge in [0.15, 0.2) is 11.6 Å². The highest BCUT2D eigenvalue weighted by atomic mass is 19.1. The van der Waals surface area contributed by atoms with E-state index < -0.39 is 11.4 Å². The van der Waals surface area contributed by atoms with Crippen molar-refractivity contribution in [3.8, 4) is 5.75 Å². The summed E-state index contributed by atoms with van der Waals surface area (Å²) in [5, 5.41) is 14.3. The minimum Gasteiger partial charge on any atom is -0.494 e. The zero-order valence-electron chi connectivity index (χ0n) is 18.6. The van der Waals surface area contributed by atoms with Gasteiger partial charge < -0.3 is 15.4 Å². The van der Waals surface area contributed by atoms with Crippen LogP contribution in [0.15, 0.2) is 42.5 Å². The molecule has 174 valence electrons. The van der Waals surface area contributed by atoms with E-state index in [1.165, 1.54) is 13.2 Å². The van der Waals surface area contributed by atoms with E-state index in [1.54, 1.807) is 12.1 Å². The fraction of sp³-hybridized carbons (Fsp3) is 0.417. The Kier molecular flexibility index (Phi) is 6.86. The van der Waals surface area contributed by atoms with Crippen molar-refractivity contribution in [3.63, 3.8) is 0 Å². The van der Waals surface area contributed by atoms with Crippen molar-refractivity contribution in [2.24, 2.45) is 0 Å². The standard InChI is InChI=1S/C24H28FN5O3/c1-33-21-15-17(7-8-18(21)25)16-24(12-10-23(32)27-24)11-9-22(31)26-13-4-14-30-20-6-3-2-5-19(20)28-29-30/h2-3,5-8,15H,4,9-14,16H2,1H3,(H,26,31)(H,27,32). The fourth-order valence-corrected chi connectivity index (χ4v) is 4.37. The van der Waals surface area contributed by atoms with Gasteiger partial charge in [-0.3, -0.25) is 9.59 Å². The number of halogens is 1. The SMILES string of the molecule is COc1cc(CC2(CCC(=O)NCCCn3nnc4ccccc43)CCC(=O)N2)ccc1F. The third-order valence-electron chi connectivity index (χ3n) is 6.11. The molecule has 33 heavy (non-hydrogen) atoms. The summed E-state index contributed by atoms with van der Waals surface area (Å²) in [5.74, 6) is -0.339. The van der Waals surface area contributed by atoms with Crippen LogP contribution in [0.2, 0.25) is 0 Å². The molecule has 3 aromatic rings. The number of aryl methyl sites for hydroxylation is 1. The molecule has 9 heteroatoms. The molecule has 2 heterocycles. The van der Waals surface area contributed by atoms with E-state index >= 15 is 0 Å². The van der Waals surface area contributed by atoms with Crippen LogP contribution in [0.3, 0.4) is 0 Å². The van der Waals surface area contributed by atoms with Gasteiger partial charge in [-0.1, -0.05) is 23.4 Å². The number of carbonyl (C=O) groups excluding carboxylic acids is 2. The van der Waals surface area contributed by atoms with Crippen molar-refractivity contribution in [1.82, 2.24) is 25.6 Å². The number of carbonyl (C=O) groups is 2. The van der Waals surface area contributed by atoms with Gasteiger partial charge in [0.05, 0.1) is 12.6 Å². The van der Waals surface area contributed by atoms with Crippen molar-refractivity contribution in [3.05, 3.63) is 53.8 Å². The first-order chi connectivity index (χ1) is 16.0. The molecule has 1 atom stereocenters. The lowest BCUT2D eigenvalue weighted by Crippen LogP contribution is -2.44. The van der Waals surface area contributed by atoms with Crippen LogP contribution in [-0.4, -0.2) is 46.0 Å². The second kappa shape index (κ2) is 9.97. The Morgan fingerprint density at radius 1 is 1.30 bits per heavy atom. The summed E-state index contributed by atoms with van der Waals surface area (Å²) in [6.07, 6.45) is 3.12. The molecule has 0 radical (unpaired) electrons. The lowest BCUT2D eigenvalue weighted by Gasteiger charge is -2.29. The molecule has 1 fully saturated rings. The zero-order chi connectivity index (χ0) is 23.3. The van der Waals surface area contributed by atoms with Gasteiger partial charge in [0, 0.05) is 31.5 Å². The summed E-state index contributed by atoms with van der Waals surface area (Å²) in [6, 6.07) is 12.5. The number of aromatic nitrogens is 3. The summed E-state index contributed by atoms with van der Waals surface area (Å²) in [5.41, 5.74) is 2.16. The second-order valence-electron chi connectivity index (χ2n) is 8.48. The van der Waals surface area contributed by atoms with E-state index in [9.17, 15) is 14.0 Å². The number of fused-ring (bicyclic) bond motifs is 1. The van der Waals surface area contributed by atoms with Crippen LogP contribution >= 0.6 is 0 Å². The third kappa shape index (κ3) is 5.47. The molecule has 0 aliphatic carbocycles. The third-order valence-corrected chi connectivity index (χ3v) is 6.11. The van der Waals surface area contributed by atoms with Crippen LogP contribution in [0.4, 0.5) is 4.39 Å². The maximum absolute atomic E-state index is 13.8. The average Bonchev–Trinajstić information content (AvgIpc) is 3.40. The highest BCUT2D eigenvalue weighted by Crippen LogP contribution is 2.31. The van der Waals surface area contributed by atoms with Crippen molar-refractivity contribution < 1.29 is 18.7 Å². The smallest absolute Gasteiger partial charge is 0.220 e. The number of para-hydroxylation sites is 1. The van der Waals surface area contributed by atoms with Gasteiger partial charge in [0.25, 0.3) is 0 Å². The van der Waals surface area contributed by atoms with Crippen LogP contribution in [0.5, 0.6) is 5.75 Å². The van der Waals surface area contributed by atoms with Gasteiger partial charge in [-0.2, -0.15) is 0 Å². The largest absolute Gasteiger partial charge is 0.494 e. The summed E-state index contributed by atoms with van der Waals surface area (Å²) < 4.78 is 20.7. The predicted molar refractivity (Wildman–Crippen MR) is 121 cm³/mol. The van der Waals surface area contributed by atoms with E-state index in [4.69, 9.17) is 4.74 Å². The number of nitrogens with zero attached hydrogens (tertiary/aromatic N) is 3. The molecule has 4 rings (SSSR count). The van der Waals surface area contributed by atoms with Crippen LogP contribution < -0.4 is 15.4 Å². The molecule has 1 aromatic heterocycles. The molecule has 1 aliphatic rings. The minimum absolute atomic E-state index is 0.0236. The number of rotatable bonds is 10. The Labute approximate surface area is 191 Å². The van der Waals surface area contributed by atoms with Gasteiger partial charge in [-0.15, -0.1) is 5.10 Å². The van der Waals surface area contributed by atoms with Crippen molar-refractivity contribution in [2.75, 3.05) is 13.7 Å². The van der Waals surface area contributed by atoms with Crippen molar-refractivity contribution >= 4 is 22.8 Å². The highest BCUT2D eigenvalue weighted by Gasteiger charge is 2.38. The molecule has 0 bridgehead atoms. The number of methoxy groups -OCH3 is 1. The van der Waals surface area contributed by atoms with Crippen LogP contribution in [-0.2, 0) is 22.6 Å².